The predicted octanol–water partition coefficient (Wildman–Crippen LogP) is 1.66. The average molecular weight is 329 g/mol. The van der Waals surface area contributed by atoms with Crippen molar-refractivity contribution in [1.29, 1.82) is 0 Å². The van der Waals surface area contributed by atoms with Crippen molar-refractivity contribution >= 4 is 5.91 Å². The molecule has 2 atom stereocenters. The smallest absolute Gasteiger partial charge is 0.275 e. The summed E-state index contributed by atoms with van der Waals surface area (Å²) in [5.74, 6) is -0.107. The number of carbonyl (C=O) groups is 1. The topological polar surface area (TPSA) is 77.7 Å². The highest BCUT2D eigenvalue weighted by Gasteiger charge is 2.47. The molecular formula is C17H19N3O4. The van der Waals surface area contributed by atoms with Crippen LogP contribution in [0.25, 0.3) is 0 Å². The summed E-state index contributed by atoms with van der Waals surface area (Å²) >= 11 is 0. The Kier molecular flexibility index (Phi) is 4.03. The minimum atomic E-state index is -0.293. The second-order valence-corrected chi connectivity index (χ2v) is 6.34. The molecule has 1 spiro atoms. The zero-order chi connectivity index (χ0) is 16.4. The zero-order valence-electron chi connectivity index (χ0n) is 13.3. The van der Waals surface area contributed by atoms with E-state index in [9.17, 15) is 4.79 Å². The number of rotatable bonds is 4. The van der Waals surface area contributed by atoms with E-state index in [1.807, 2.05) is 12.1 Å². The molecule has 1 amide bonds. The molecule has 4 rings (SSSR count). The van der Waals surface area contributed by atoms with E-state index in [4.69, 9.17) is 13.9 Å². The van der Waals surface area contributed by atoms with Crippen LogP contribution in [0.15, 0.2) is 41.6 Å². The van der Waals surface area contributed by atoms with Gasteiger partial charge in [-0.2, -0.15) is 0 Å². The first-order chi connectivity index (χ1) is 11.7. The molecular weight excluding hydrogens is 310 g/mol. The number of ether oxygens (including phenoxy) is 2. The van der Waals surface area contributed by atoms with Crippen molar-refractivity contribution in [2.45, 2.75) is 31.2 Å². The van der Waals surface area contributed by atoms with Crippen LogP contribution in [0.5, 0.6) is 0 Å². The van der Waals surface area contributed by atoms with Crippen LogP contribution < -0.4 is 0 Å². The number of pyridine rings is 1. The molecule has 0 saturated carbocycles. The Morgan fingerprint density at radius 1 is 1.50 bits per heavy atom. The van der Waals surface area contributed by atoms with Gasteiger partial charge in [-0.1, -0.05) is 6.07 Å². The van der Waals surface area contributed by atoms with Crippen LogP contribution in [0, 0.1) is 0 Å². The second kappa shape index (κ2) is 6.33. The van der Waals surface area contributed by atoms with E-state index >= 15 is 0 Å². The molecule has 2 aliphatic rings. The van der Waals surface area contributed by atoms with E-state index in [0.29, 0.717) is 32.0 Å². The molecule has 7 heteroatoms. The number of oxazole rings is 1. The maximum Gasteiger partial charge on any atom is 0.275 e. The number of nitrogens with zero attached hydrogens (tertiary/aromatic N) is 3. The lowest BCUT2D eigenvalue weighted by molar-refractivity contribution is 0.000216. The maximum absolute atomic E-state index is 12.4. The molecule has 0 radical (unpaired) electrons. The van der Waals surface area contributed by atoms with Gasteiger partial charge >= 0.3 is 0 Å². The SMILES string of the molecule is O=C(c1cocn1)N1CC[C@]2(C[C@@H](OCc3cccnc3)CO2)C1. The molecule has 2 saturated heterocycles. The summed E-state index contributed by atoms with van der Waals surface area (Å²) < 4.78 is 16.9. The third kappa shape index (κ3) is 3.05. The summed E-state index contributed by atoms with van der Waals surface area (Å²) in [5, 5.41) is 0. The van der Waals surface area contributed by atoms with Crippen LogP contribution in [0.2, 0.25) is 0 Å². The van der Waals surface area contributed by atoms with Gasteiger partial charge in [-0.05, 0) is 18.1 Å². The van der Waals surface area contributed by atoms with Crippen molar-refractivity contribution in [2.75, 3.05) is 19.7 Å². The van der Waals surface area contributed by atoms with Gasteiger partial charge in [0.05, 0.1) is 31.5 Å². The standard InChI is InChI=1S/C17H19N3O4/c21-16(15-10-22-12-19-15)20-5-3-17(11-20)6-14(9-24-17)23-8-13-2-1-4-18-7-13/h1-2,4,7,10,12,14H,3,5-6,8-9,11H2/t14-,17+/m1/s1. The van der Waals surface area contributed by atoms with Crippen molar-refractivity contribution in [3.8, 4) is 0 Å². The number of hydrogen-bond donors (Lipinski definition) is 0. The quantitative estimate of drug-likeness (QED) is 0.849. The van der Waals surface area contributed by atoms with Gasteiger partial charge in [0.15, 0.2) is 12.1 Å². The van der Waals surface area contributed by atoms with Gasteiger partial charge in [0.2, 0.25) is 0 Å². The Morgan fingerprint density at radius 2 is 2.46 bits per heavy atom. The van der Waals surface area contributed by atoms with Gasteiger partial charge in [0.1, 0.15) is 6.26 Å². The van der Waals surface area contributed by atoms with E-state index in [-0.39, 0.29) is 17.6 Å². The summed E-state index contributed by atoms with van der Waals surface area (Å²) in [7, 11) is 0. The normalized spacial score (nSPS) is 26.3. The molecule has 7 nitrogen and oxygen atoms in total. The van der Waals surface area contributed by atoms with Crippen LogP contribution >= 0.6 is 0 Å². The highest BCUT2D eigenvalue weighted by molar-refractivity contribution is 5.92. The van der Waals surface area contributed by atoms with Gasteiger partial charge in [-0.25, -0.2) is 4.98 Å². The monoisotopic (exact) mass is 329 g/mol. The Balaban J connectivity index is 1.32. The lowest BCUT2D eigenvalue weighted by atomic mass is 9.98. The minimum Gasteiger partial charge on any atom is -0.451 e. The summed E-state index contributed by atoms with van der Waals surface area (Å²) in [6.07, 6.45) is 7.87. The number of aromatic nitrogens is 2. The number of likely N-dealkylation sites (tertiary alicyclic amines) is 1. The first-order valence-electron chi connectivity index (χ1n) is 8.06. The van der Waals surface area contributed by atoms with Gasteiger partial charge < -0.3 is 18.8 Å². The fourth-order valence-electron chi connectivity index (χ4n) is 3.39. The van der Waals surface area contributed by atoms with Crippen LogP contribution in [-0.4, -0.2) is 52.2 Å². The summed E-state index contributed by atoms with van der Waals surface area (Å²) in [4.78, 5) is 22.1. The summed E-state index contributed by atoms with van der Waals surface area (Å²) in [6.45, 7) is 2.33. The molecule has 2 aromatic heterocycles. The summed E-state index contributed by atoms with van der Waals surface area (Å²) in [5.41, 5.74) is 1.10. The molecule has 4 heterocycles. The van der Waals surface area contributed by atoms with Gasteiger partial charge in [-0.3, -0.25) is 9.78 Å². The van der Waals surface area contributed by atoms with Crippen LogP contribution in [0.1, 0.15) is 28.9 Å². The van der Waals surface area contributed by atoms with E-state index < -0.39 is 0 Å². The lowest BCUT2D eigenvalue weighted by Gasteiger charge is -2.22. The fourth-order valence-corrected chi connectivity index (χ4v) is 3.39. The Bertz CT molecular complexity index is 691. The van der Waals surface area contributed by atoms with Crippen molar-refractivity contribution < 1.29 is 18.7 Å². The van der Waals surface area contributed by atoms with Gasteiger partial charge in [0, 0.05) is 25.4 Å². The van der Waals surface area contributed by atoms with Crippen molar-refractivity contribution in [3.05, 3.63) is 48.4 Å². The Morgan fingerprint density at radius 3 is 3.25 bits per heavy atom. The van der Waals surface area contributed by atoms with Crippen LogP contribution in [0.3, 0.4) is 0 Å². The van der Waals surface area contributed by atoms with Gasteiger partial charge in [-0.15, -0.1) is 0 Å². The maximum atomic E-state index is 12.4. The molecule has 126 valence electrons. The van der Waals surface area contributed by atoms with Crippen molar-refractivity contribution in [3.63, 3.8) is 0 Å². The largest absolute Gasteiger partial charge is 0.451 e. The summed E-state index contributed by atoms with van der Waals surface area (Å²) in [6, 6.07) is 3.89. The molecule has 0 bridgehead atoms. The number of hydrogen-bond acceptors (Lipinski definition) is 6. The van der Waals surface area contributed by atoms with Crippen molar-refractivity contribution in [1.82, 2.24) is 14.9 Å². The average Bonchev–Trinajstić information content (AvgIpc) is 3.36. The number of amides is 1. The molecule has 2 aliphatic heterocycles. The zero-order valence-corrected chi connectivity index (χ0v) is 13.3. The minimum absolute atomic E-state index is 0.0484. The van der Waals surface area contributed by atoms with E-state index in [0.717, 1.165) is 18.4 Å². The first kappa shape index (κ1) is 15.3. The predicted molar refractivity (Wildman–Crippen MR) is 83.1 cm³/mol. The molecule has 0 N–H and O–H groups in total. The van der Waals surface area contributed by atoms with Crippen LogP contribution in [-0.2, 0) is 16.1 Å². The van der Waals surface area contributed by atoms with Gasteiger partial charge in [0.25, 0.3) is 5.91 Å². The Hall–Kier alpha value is -2.25. The van der Waals surface area contributed by atoms with E-state index in [1.54, 1.807) is 17.3 Å². The van der Waals surface area contributed by atoms with E-state index in [1.165, 1.54) is 12.7 Å². The lowest BCUT2D eigenvalue weighted by Crippen LogP contribution is -2.36. The fraction of sp³-hybridized carbons (Fsp3) is 0.471. The number of carbonyl (C=O) groups excluding carboxylic acids is 1. The Labute approximate surface area is 139 Å². The first-order valence-corrected chi connectivity index (χ1v) is 8.06. The van der Waals surface area contributed by atoms with Crippen LogP contribution in [0.4, 0.5) is 0 Å². The molecule has 0 unspecified atom stereocenters. The highest BCUT2D eigenvalue weighted by Crippen LogP contribution is 2.36. The second-order valence-electron chi connectivity index (χ2n) is 6.34. The molecule has 2 aromatic rings. The molecule has 0 aromatic carbocycles. The highest BCUT2D eigenvalue weighted by atomic mass is 16.6. The third-order valence-electron chi connectivity index (χ3n) is 4.64. The molecule has 2 fully saturated rings. The molecule has 24 heavy (non-hydrogen) atoms. The van der Waals surface area contributed by atoms with E-state index in [2.05, 4.69) is 9.97 Å². The molecule has 0 aliphatic carbocycles. The third-order valence-corrected chi connectivity index (χ3v) is 4.64. The van der Waals surface area contributed by atoms with Crippen molar-refractivity contribution in [2.24, 2.45) is 0 Å².